The molecule has 0 heteroatoms. The Balaban J connectivity index is 1.46. The Hall–Kier alpha value is -0.780. The average molecular weight is 397 g/mol. The number of hydrogen-bond acceptors (Lipinski definition) is 0. The molecule has 1 aromatic rings. The third-order valence-electron chi connectivity index (χ3n) is 8.43. The molecule has 0 radical (unpaired) electrons. The van der Waals surface area contributed by atoms with E-state index in [1.165, 1.54) is 116 Å². The first-order valence-electron chi connectivity index (χ1n) is 13.3. The molecule has 29 heavy (non-hydrogen) atoms. The normalized spacial score (nSPS) is 24.5. The molecule has 0 heterocycles. The van der Waals surface area contributed by atoms with Crippen LogP contribution in [0.25, 0.3) is 0 Å². The van der Waals surface area contributed by atoms with Gasteiger partial charge in [0.05, 0.1) is 0 Å². The number of hydrogen-bond donors (Lipinski definition) is 0. The molecule has 0 unspecified atom stereocenters. The smallest absolute Gasteiger partial charge is 0.0162 e. The molecule has 0 bridgehead atoms. The standard InChI is InChI=1S/C29H48/c1-3-5-8-11-25-12-16-27(17-13-25)28-18-14-26(15-19-28)20-24-29(21-6-4-2)22-9-7-10-23-29/h14-15,18-19,25,27H,3-13,16-17,20-24H2,1-2H3. The highest BCUT2D eigenvalue weighted by Gasteiger charge is 2.30. The minimum atomic E-state index is 0.670. The van der Waals surface area contributed by atoms with Crippen LogP contribution in [0.3, 0.4) is 0 Å². The average Bonchev–Trinajstić information content (AvgIpc) is 2.78. The van der Waals surface area contributed by atoms with Gasteiger partial charge >= 0.3 is 0 Å². The van der Waals surface area contributed by atoms with E-state index in [-0.39, 0.29) is 0 Å². The summed E-state index contributed by atoms with van der Waals surface area (Å²) in [6.45, 7) is 4.68. The third-order valence-corrected chi connectivity index (χ3v) is 8.43. The van der Waals surface area contributed by atoms with Crippen LogP contribution in [0.1, 0.15) is 140 Å². The molecule has 164 valence electrons. The van der Waals surface area contributed by atoms with Crippen LogP contribution in [-0.2, 0) is 6.42 Å². The van der Waals surface area contributed by atoms with Crippen LogP contribution in [0.2, 0.25) is 0 Å². The first-order chi connectivity index (χ1) is 14.2. The van der Waals surface area contributed by atoms with Crippen LogP contribution in [0.15, 0.2) is 24.3 Å². The van der Waals surface area contributed by atoms with Gasteiger partial charge in [0.25, 0.3) is 0 Å². The molecule has 2 fully saturated rings. The fourth-order valence-electron chi connectivity index (χ4n) is 6.31. The van der Waals surface area contributed by atoms with Gasteiger partial charge in [0.1, 0.15) is 0 Å². The van der Waals surface area contributed by atoms with Crippen LogP contribution in [0.5, 0.6) is 0 Å². The van der Waals surface area contributed by atoms with Gasteiger partial charge in [-0.3, -0.25) is 0 Å². The van der Waals surface area contributed by atoms with Crippen molar-refractivity contribution in [3.05, 3.63) is 35.4 Å². The lowest BCUT2D eigenvalue weighted by atomic mass is 9.68. The molecule has 0 N–H and O–H groups in total. The molecule has 0 nitrogen and oxygen atoms in total. The first kappa shape index (κ1) is 22.9. The van der Waals surface area contributed by atoms with Gasteiger partial charge in [0, 0.05) is 0 Å². The topological polar surface area (TPSA) is 0 Å². The van der Waals surface area contributed by atoms with E-state index in [0.29, 0.717) is 5.41 Å². The van der Waals surface area contributed by atoms with Crippen LogP contribution < -0.4 is 0 Å². The van der Waals surface area contributed by atoms with Gasteiger partial charge in [-0.25, -0.2) is 0 Å². The maximum Gasteiger partial charge on any atom is -0.0162 e. The number of aryl methyl sites for hydroxylation is 1. The quantitative estimate of drug-likeness (QED) is 0.326. The van der Waals surface area contributed by atoms with E-state index < -0.39 is 0 Å². The number of unbranched alkanes of at least 4 members (excludes halogenated alkanes) is 3. The van der Waals surface area contributed by atoms with Gasteiger partial charge in [0.15, 0.2) is 0 Å². The number of benzene rings is 1. The summed E-state index contributed by atoms with van der Waals surface area (Å²) in [6, 6.07) is 9.91. The molecule has 3 rings (SSSR count). The summed E-state index contributed by atoms with van der Waals surface area (Å²) in [7, 11) is 0. The molecule has 2 aliphatic carbocycles. The monoisotopic (exact) mass is 396 g/mol. The molecule has 0 atom stereocenters. The van der Waals surface area contributed by atoms with Crippen molar-refractivity contribution in [1.82, 2.24) is 0 Å². The molecule has 0 saturated heterocycles. The second kappa shape index (κ2) is 12.2. The molecule has 0 aliphatic heterocycles. The van der Waals surface area contributed by atoms with Crippen molar-refractivity contribution in [2.75, 3.05) is 0 Å². The number of rotatable bonds is 11. The van der Waals surface area contributed by atoms with E-state index in [1.54, 1.807) is 11.1 Å². The Labute approximate surface area is 182 Å². The SMILES string of the molecule is CCCCCC1CCC(c2ccc(CCC3(CCCC)CCCCC3)cc2)CC1. The van der Waals surface area contributed by atoms with Crippen LogP contribution in [-0.4, -0.2) is 0 Å². The minimum Gasteiger partial charge on any atom is -0.0654 e. The Morgan fingerprint density at radius 1 is 0.759 bits per heavy atom. The summed E-state index contributed by atoms with van der Waals surface area (Å²) >= 11 is 0. The summed E-state index contributed by atoms with van der Waals surface area (Å²) in [5.41, 5.74) is 3.88. The summed E-state index contributed by atoms with van der Waals surface area (Å²) in [5, 5.41) is 0. The van der Waals surface area contributed by atoms with Gasteiger partial charge in [-0.1, -0.05) is 95.9 Å². The van der Waals surface area contributed by atoms with Crippen molar-refractivity contribution in [2.45, 2.75) is 135 Å². The van der Waals surface area contributed by atoms with E-state index in [4.69, 9.17) is 0 Å². The highest BCUT2D eigenvalue weighted by Crippen LogP contribution is 2.44. The summed E-state index contributed by atoms with van der Waals surface area (Å²) in [5.74, 6) is 1.85. The van der Waals surface area contributed by atoms with Crippen molar-refractivity contribution >= 4 is 0 Å². The first-order valence-corrected chi connectivity index (χ1v) is 13.3. The maximum atomic E-state index is 2.48. The van der Waals surface area contributed by atoms with E-state index in [0.717, 1.165) is 11.8 Å². The van der Waals surface area contributed by atoms with Crippen LogP contribution in [0, 0.1) is 11.3 Å². The molecule has 0 aromatic heterocycles. The van der Waals surface area contributed by atoms with E-state index in [1.807, 2.05) is 0 Å². The highest BCUT2D eigenvalue weighted by atomic mass is 14.4. The van der Waals surface area contributed by atoms with Gasteiger partial charge in [-0.05, 0) is 86.2 Å². The third kappa shape index (κ3) is 7.15. The van der Waals surface area contributed by atoms with Crippen LogP contribution in [0.4, 0.5) is 0 Å². The van der Waals surface area contributed by atoms with Gasteiger partial charge in [-0.15, -0.1) is 0 Å². The zero-order valence-electron chi connectivity index (χ0n) is 19.7. The Bertz CT molecular complexity index is 540. The summed E-state index contributed by atoms with van der Waals surface area (Å²) < 4.78 is 0. The lowest BCUT2D eigenvalue weighted by molar-refractivity contribution is 0.153. The minimum absolute atomic E-state index is 0.670. The second-order valence-corrected chi connectivity index (χ2v) is 10.6. The zero-order chi connectivity index (χ0) is 20.4. The van der Waals surface area contributed by atoms with Crippen molar-refractivity contribution in [3.63, 3.8) is 0 Å². The Kier molecular flexibility index (Phi) is 9.60. The van der Waals surface area contributed by atoms with Crippen molar-refractivity contribution < 1.29 is 0 Å². The molecule has 0 amide bonds. The van der Waals surface area contributed by atoms with Gasteiger partial charge in [0.2, 0.25) is 0 Å². The predicted octanol–water partition coefficient (Wildman–Crippen LogP) is 9.61. The van der Waals surface area contributed by atoms with E-state index in [2.05, 4.69) is 38.1 Å². The maximum absolute atomic E-state index is 2.48. The molecule has 1 aromatic carbocycles. The molecular formula is C29H48. The second-order valence-electron chi connectivity index (χ2n) is 10.6. The van der Waals surface area contributed by atoms with Crippen molar-refractivity contribution in [2.24, 2.45) is 11.3 Å². The van der Waals surface area contributed by atoms with Gasteiger partial charge in [-0.2, -0.15) is 0 Å². The van der Waals surface area contributed by atoms with E-state index >= 15 is 0 Å². The lowest BCUT2D eigenvalue weighted by Gasteiger charge is -2.38. The van der Waals surface area contributed by atoms with Crippen molar-refractivity contribution in [1.29, 1.82) is 0 Å². The fraction of sp³-hybridized carbons (Fsp3) is 0.793. The highest BCUT2D eigenvalue weighted by molar-refractivity contribution is 5.26. The Morgan fingerprint density at radius 2 is 1.45 bits per heavy atom. The fourth-order valence-corrected chi connectivity index (χ4v) is 6.31. The largest absolute Gasteiger partial charge is 0.0654 e. The molecule has 2 aliphatic rings. The summed E-state index contributed by atoms with van der Waals surface area (Å²) in [4.78, 5) is 0. The molecule has 2 saturated carbocycles. The summed E-state index contributed by atoms with van der Waals surface area (Å²) in [6.07, 6.45) is 25.9. The molecular weight excluding hydrogens is 348 g/mol. The Morgan fingerprint density at radius 3 is 2.10 bits per heavy atom. The van der Waals surface area contributed by atoms with Gasteiger partial charge < -0.3 is 0 Å². The van der Waals surface area contributed by atoms with E-state index in [9.17, 15) is 0 Å². The van der Waals surface area contributed by atoms with Crippen LogP contribution >= 0.6 is 0 Å². The molecule has 0 spiro atoms. The lowest BCUT2D eigenvalue weighted by Crippen LogP contribution is -2.25. The zero-order valence-corrected chi connectivity index (χ0v) is 19.7. The van der Waals surface area contributed by atoms with Crippen molar-refractivity contribution in [3.8, 4) is 0 Å². The predicted molar refractivity (Wildman–Crippen MR) is 129 cm³/mol.